The van der Waals surface area contributed by atoms with E-state index in [4.69, 9.17) is 18.9 Å². The zero-order valence-electron chi connectivity index (χ0n) is 34.0. The summed E-state index contributed by atoms with van der Waals surface area (Å²) in [5.74, 6) is -1.25. The van der Waals surface area contributed by atoms with Gasteiger partial charge in [0.15, 0.2) is 23.1 Å². The number of hydrogen-bond acceptors (Lipinski definition) is 8. The molecule has 54 heavy (non-hydrogen) atoms. The monoisotopic (exact) mass is 740 g/mol. The summed E-state index contributed by atoms with van der Waals surface area (Å²) < 4.78 is 23.9. The summed E-state index contributed by atoms with van der Waals surface area (Å²) >= 11 is 0. The summed E-state index contributed by atoms with van der Waals surface area (Å²) in [4.78, 5) is 26.8. The maximum Gasteiger partial charge on any atom is 0.170 e. The minimum atomic E-state index is -0.619. The van der Waals surface area contributed by atoms with E-state index in [0.717, 1.165) is 59.1 Å². The molecule has 2 N–H and O–H groups in total. The van der Waals surface area contributed by atoms with E-state index < -0.39 is 22.8 Å². The number of allylic oxidation sites excluding steroid dienone is 4. The number of fused-ring (bicyclic) bond motifs is 2. The number of aryl methyl sites for hydroxylation is 6. The van der Waals surface area contributed by atoms with Gasteiger partial charge in [0.1, 0.15) is 11.5 Å². The molecule has 4 aliphatic carbocycles. The first-order chi connectivity index (χ1) is 25.4. The molecule has 2 aromatic rings. The summed E-state index contributed by atoms with van der Waals surface area (Å²) in [6.45, 7) is 21.2. The lowest BCUT2D eigenvalue weighted by Gasteiger charge is -2.25. The van der Waals surface area contributed by atoms with E-state index in [9.17, 15) is 19.8 Å². The molecule has 2 aliphatic heterocycles. The Morgan fingerprint density at radius 3 is 1.09 bits per heavy atom. The quantitative estimate of drug-likeness (QED) is 0.302. The van der Waals surface area contributed by atoms with Gasteiger partial charge in [-0.3, -0.25) is 9.59 Å². The molecule has 2 heterocycles. The van der Waals surface area contributed by atoms with Gasteiger partial charge in [-0.05, 0) is 126 Å². The third-order valence-electron chi connectivity index (χ3n) is 12.9. The third-order valence-corrected chi connectivity index (χ3v) is 12.9. The summed E-state index contributed by atoms with van der Waals surface area (Å²) in [6.07, 6.45) is 5.94. The molecule has 2 spiro atoms. The first-order valence-corrected chi connectivity index (χ1v) is 20.3. The van der Waals surface area contributed by atoms with Crippen LogP contribution in [0.2, 0.25) is 0 Å². The number of ether oxygens (including phenoxy) is 4. The second kappa shape index (κ2) is 13.7. The van der Waals surface area contributed by atoms with Crippen LogP contribution in [0.1, 0.15) is 126 Å². The molecule has 8 heteroatoms. The molecule has 292 valence electrons. The van der Waals surface area contributed by atoms with Crippen LogP contribution in [0.5, 0.6) is 0 Å². The van der Waals surface area contributed by atoms with Crippen molar-refractivity contribution in [3.8, 4) is 0 Å². The highest BCUT2D eigenvalue weighted by atomic mass is 16.8. The van der Waals surface area contributed by atoms with E-state index in [-0.39, 0.29) is 46.8 Å². The molecule has 0 unspecified atom stereocenters. The van der Waals surface area contributed by atoms with Crippen molar-refractivity contribution in [3.05, 3.63) is 80.3 Å². The van der Waals surface area contributed by atoms with Crippen LogP contribution in [0.3, 0.4) is 0 Å². The van der Waals surface area contributed by atoms with Crippen molar-refractivity contribution in [1.29, 1.82) is 0 Å². The van der Waals surface area contributed by atoms with E-state index in [0.29, 0.717) is 50.0 Å². The molecule has 0 bridgehead atoms. The lowest BCUT2D eigenvalue weighted by molar-refractivity contribution is -0.161. The SMILES string of the molecule is CCc1cc(C)cc(CC)c1C1=C(O)[C@H]2C[C@@]3(COC(C)(C)O3)C[C@H]2C1=O.CCc1cc(C)cc(CC)c1C1=C(O)[C@H]2C[C@]3(COC(C)(C)O3)C[C@H]2C1=O. The standard InChI is InChI=1S/2C23H30O4/c2*1-6-14-8-13(3)9-15(7-2)18(14)19-20(24)16-10-23(11-17(16)21(19)25)12-26-22(4,5)27-23/h2*8-9,16-17,24H,6-7,10-12H2,1-5H3/t16-,17+,23+;16-,17+,23-/m00/s1. The van der Waals surface area contributed by atoms with Crippen LogP contribution >= 0.6 is 0 Å². The summed E-state index contributed by atoms with van der Waals surface area (Å²) in [5.41, 5.74) is 9.20. The number of hydrogen-bond donors (Lipinski definition) is 2. The van der Waals surface area contributed by atoms with Crippen molar-refractivity contribution in [1.82, 2.24) is 0 Å². The molecule has 0 aromatic heterocycles. The van der Waals surface area contributed by atoms with Crippen molar-refractivity contribution in [2.45, 2.75) is 143 Å². The smallest absolute Gasteiger partial charge is 0.170 e. The highest BCUT2D eigenvalue weighted by molar-refractivity contribution is 6.26. The number of rotatable bonds is 6. The molecule has 6 aliphatic rings. The number of aliphatic hydroxyl groups is 2. The average molecular weight is 741 g/mol. The average Bonchev–Trinajstić information content (AvgIpc) is 3.92. The highest BCUT2D eigenvalue weighted by Gasteiger charge is 2.61. The molecule has 8 nitrogen and oxygen atoms in total. The highest BCUT2D eigenvalue weighted by Crippen LogP contribution is 2.57. The fourth-order valence-electron chi connectivity index (χ4n) is 10.8. The van der Waals surface area contributed by atoms with Gasteiger partial charge in [0.25, 0.3) is 0 Å². The Balaban J connectivity index is 0.000000167. The number of ketones is 2. The van der Waals surface area contributed by atoms with Crippen molar-refractivity contribution >= 4 is 22.7 Å². The second-order valence-electron chi connectivity index (χ2n) is 17.8. The van der Waals surface area contributed by atoms with Gasteiger partial charge in [-0.25, -0.2) is 0 Å². The molecule has 0 radical (unpaired) electrons. The molecule has 2 aromatic carbocycles. The Kier molecular flexibility index (Phi) is 9.89. The van der Waals surface area contributed by atoms with Crippen molar-refractivity contribution in [3.63, 3.8) is 0 Å². The molecule has 2 saturated heterocycles. The molecular formula is C46H60O8. The normalized spacial score (nSPS) is 32.0. The lowest BCUT2D eigenvalue weighted by Crippen LogP contribution is -2.32. The van der Waals surface area contributed by atoms with Gasteiger partial charge >= 0.3 is 0 Å². The van der Waals surface area contributed by atoms with Crippen LogP contribution < -0.4 is 0 Å². The van der Waals surface area contributed by atoms with E-state index in [1.807, 2.05) is 27.7 Å². The second-order valence-corrected chi connectivity index (χ2v) is 17.8. The van der Waals surface area contributed by atoms with E-state index >= 15 is 0 Å². The van der Waals surface area contributed by atoms with E-state index in [2.05, 4.69) is 65.8 Å². The van der Waals surface area contributed by atoms with Crippen LogP contribution in [-0.4, -0.2) is 57.8 Å². The summed E-state index contributed by atoms with van der Waals surface area (Å²) in [7, 11) is 0. The number of carbonyl (C=O) groups excluding carboxylic acids is 2. The maximum absolute atomic E-state index is 13.4. The number of benzene rings is 2. The fourth-order valence-corrected chi connectivity index (χ4v) is 10.8. The van der Waals surface area contributed by atoms with Crippen molar-refractivity contribution in [2.75, 3.05) is 13.2 Å². The van der Waals surface area contributed by atoms with E-state index in [1.165, 1.54) is 11.1 Å². The zero-order chi connectivity index (χ0) is 39.1. The Bertz CT molecular complexity index is 1760. The molecule has 4 fully saturated rings. The van der Waals surface area contributed by atoms with Crippen LogP contribution in [0.15, 0.2) is 35.8 Å². The third kappa shape index (κ3) is 6.49. The van der Waals surface area contributed by atoms with Gasteiger partial charge in [0, 0.05) is 23.7 Å². The molecule has 8 rings (SSSR count). The Labute approximate surface area is 321 Å². The molecule has 6 atom stereocenters. The largest absolute Gasteiger partial charge is 0.511 e. The van der Waals surface area contributed by atoms with Gasteiger partial charge in [0.2, 0.25) is 0 Å². The van der Waals surface area contributed by atoms with Gasteiger partial charge in [0.05, 0.1) is 35.6 Å². The Hall–Kier alpha value is -3.30. The summed E-state index contributed by atoms with van der Waals surface area (Å²) in [5, 5.41) is 22.3. The summed E-state index contributed by atoms with van der Waals surface area (Å²) in [6, 6.07) is 8.59. The fraction of sp³-hybridized carbons (Fsp3) is 0.609. The van der Waals surface area contributed by atoms with Crippen LogP contribution in [0.4, 0.5) is 0 Å². The number of aliphatic hydroxyl groups excluding tert-OH is 2. The Morgan fingerprint density at radius 1 is 0.556 bits per heavy atom. The van der Waals surface area contributed by atoms with E-state index in [1.54, 1.807) is 0 Å². The molecule has 2 saturated carbocycles. The van der Waals surface area contributed by atoms with Crippen LogP contribution in [-0.2, 0) is 54.2 Å². The van der Waals surface area contributed by atoms with Gasteiger partial charge in [-0.15, -0.1) is 0 Å². The van der Waals surface area contributed by atoms with Gasteiger partial charge in [-0.2, -0.15) is 0 Å². The molecule has 0 amide bonds. The van der Waals surface area contributed by atoms with Gasteiger partial charge in [-0.1, -0.05) is 63.1 Å². The predicted molar refractivity (Wildman–Crippen MR) is 209 cm³/mol. The molecular weight excluding hydrogens is 680 g/mol. The minimum absolute atomic E-state index is 0.0796. The van der Waals surface area contributed by atoms with Crippen LogP contribution in [0.25, 0.3) is 11.1 Å². The maximum atomic E-state index is 13.4. The van der Waals surface area contributed by atoms with Gasteiger partial charge < -0.3 is 29.2 Å². The number of Topliss-reactive ketones (excluding diaryl/α,β-unsaturated/α-hetero) is 2. The zero-order valence-corrected chi connectivity index (χ0v) is 34.0. The predicted octanol–water partition coefficient (Wildman–Crippen LogP) is 9.04. The topological polar surface area (TPSA) is 112 Å². The minimum Gasteiger partial charge on any atom is -0.511 e. The number of carbonyl (C=O) groups is 2. The van der Waals surface area contributed by atoms with Crippen LogP contribution in [0, 0.1) is 37.5 Å². The van der Waals surface area contributed by atoms with Crippen molar-refractivity contribution in [2.24, 2.45) is 23.7 Å². The first kappa shape index (κ1) is 39.0. The lowest BCUT2D eigenvalue weighted by atomic mass is 9.86. The Morgan fingerprint density at radius 2 is 0.852 bits per heavy atom. The van der Waals surface area contributed by atoms with Crippen molar-refractivity contribution < 1.29 is 38.7 Å². The first-order valence-electron chi connectivity index (χ1n) is 20.3.